The second kappa shape index (κ2) is 4.20. The van der Waals surface area contributed by atoms with Crippen LogP contribution in [0.1, 0.15) is 5.56 Å². The quantitative estimate of drug-likeness (QED) is 0.568. The number of nitrogens with zero attached hydrogens (tertiary/aromatic N) is 1. The molecule has 5 heteroatoms. The molecule has 1 amide bonds. The maximum atomic E-state index is 10.5. The van der Waals surface area contributed by atoms with Crippen LogP contribution in [0.3, 0.4) is 0 Å². The van der Waals surface area contributed by atoms with Gasteiger partial charge in [0.05, 0.1) is 5.69 Å². The van der Waals surface area contributed by atoms with Crippen molar-refractivity contribution >= 4 is 17.9 Å². The average Bonchev–Trinajstić information content (AvgIpc) is 2.10. The van der Waals surface area contributed by atoms with Gasteiger partial charge in [0.2, 0.25) is 6.08 Å². The summed E-state index contributed by atoms with van der Waals surface area (Å²) in [5.41, 5.74) is 5.94. The minimum absolute atomic E-state index is 0.286. The summed E-state index contributed by atoms with van der Waals surface area (Å²) in [5.74, 6) is 0.286. The molecule has 0 saturated carbocycles. The van der Waals surface area contributed by atoms with Crippen LogP contribution in [-0.4, -0.2) is 12.2 Å². The summed E-state index contributed by atoms with van der Waals surface area (Å²) in [5, 5.41) is 0. The number of benzene rings is 1. The number of nitrogens with two attached hydrogens (primary N) is 1. The standard InChI is InChI=1S/C9H8N2O3/c1-6-2-3-7(11-5-12)4-8(6)14-9(10)13/h2-4H,1H3,(H2,10,13). The topological polar surface area (TPSA) is 81.8 Å². The Balaban J connectivity index is 3.07. The number of primary amides is 1. The minimum Gasteiger partial charge on any atom is -0.410 e. The molecule has 1 rings (SSSR count). The molecule has 2 N–H and O–H groups in total. The Morgan fingerprint density at radius 3 is 2.86 bits per heavy atom. The van der Waals surface area contributed by atoms with Crippen molar-refractivity contribution in [3.63, 3.8) is 0 Å². The molecule has 14 heavy (non-hydrogen) atoms. The molecule has 0 aliphatic carbocycles. The fourth-order valence-corrected chi connectivity index (χ4v) is 0.929. The summed E-state index contributed by atoms with van der Waals surface area (Å²) in [4.78, 5) is 23.8. The van der Waals surface area contributed by atoms with Crippen molar-refractivity contribution in [1.29, 1.82) is 0 Å². The zero-order valence-corrected chi connectivity index (χ0v) is 7.48. The van der Waals surface area contributed by atoms with Gasteiger partial charge in [0.25, 0.3) is 0 Å². The summed E-state index contributed by atoms with van der Waals surface area (Å²) in [7, 11) is 0. The largest absolute Gasteiger partial charge is 0.410 e. The fourth-order valence-electron chi connectivity index (χ4n) is 0.929. The minimum atomic E-state index is -0.902. The highest BCUT2D eigenvalue weighted by atomic mass is 16.5. The number of amides is 1. The molecule has 1 aromatic carbocycles. The lowest BCUT2D eigenvalue weighted by atomic mass is 10.2. The molecular formula is C9H8N2O3. The molecule has 0 spiro atoms. The van der Waals surface area contributed by atoms with Gasteiger partial charge in [0.15, 0.2) is 0 Å². The van der Waals surface area contributed by atoms with E-state index in [9.17, 15) is 9.59 Å². The monoisotopic (exact) mass is 192 g/mol. The number of isocyanates is 1. The molecule has 0 bridgehead atoms. The third-order valence-corrected chi connectivity index (χ3v) is 1.56. The third-order valence-electron chi connectivity index (χ3n) is 1.56. The van der Waals surface area contributed by atoms with Crippen molar-refractivity contribution < 1.29 is 14.3 Å². The number of hydrogen-bond donors (Lipinski definition) is 1. The predicted molar refractivity (Wildman–Crippen MR) is 49.2 cm³/mol. The first-order valence-electron chi connectivity index (χ1n) is 3.79. The summed E-state index contributed by atoms with van der Waals surface area (Å²) in [6.45, 7) is 1.74. The van der Waals surface area contributed by atoms with Gasteiger partial charge in [-0.05, 0) is 18.6 Å². The Kier molecular flexibility index (Phi) is 2.99. The molecule has 0 aliphatic rings. The molecule has 0 fully saturated rings. The van der Waals surface area contributed by atoms with Crippen molar-refractivity contribution in [1.82, 2.24) is 0 Å². The highest BCUT2D eigenvalue weighted by Crippen LogP contribution is 2.23. The highest BCUT2D eigenvalue weighted by molar-refractivity contribution is 5.69. The lowest BCUT2D eigenvalue weighted by Gasteiger charge is -2.04. The number of aryl methyl sites for hydroxylation is 1. The van der Waals surface area contributed by atoms with Gasteiger partial charge in [-0.25, -0.2) is 9.59 Å². The fraction of sp³-hybridized carbons (Fsp3) is 0.111. The Morgan fingerprint density at radius 1 is 1.57 bits per heavy atom. The molecule has 0 radical (unpaired) electrons. The molecular weight excluding hydrogens is 184 g/mol. The van der Waals surface area contributed by atoms with Gasteiger partial charge in [-0.1, -0.05) is 6.07 Å². The van der Waals surface area contributed by atoms with Crippen LogP contribution < -0.4 is 10.5 Å². The summed E-state index contributed by atoms with van der Waals surface area (Å²) < 4.78 is 4.68. The molecule has 72 valence electrons. The second-order valence-electron chi connectivity index (χ2n) is 2.57. The van der Waals surface area contributed by atoms with Crippen molar-refractivity contribution in [2.45, 2.75) is 6.92 Å². The summed E-state index contributed by atoms with van der Waals surface area (Å²) >= 11 is 0. The average molecular weight is 192 g/mol. The first-order chi connectivity index (χ1) is 6.63. The lowest BCUT2D eigenvalue weighted by Crippen LogP contribution is -2.16. The van der Waals surface area contributed by atoms with Gasteiger partial charge in [-0.2, -0.15) is 4.99 Å². The van der Waals surface area contributed by atoms with E-state index in [1.165, 1.54) is 12.1 Å². The van der Waals surface area contributed by atoms with Crippen LogP contribution in [0.4, 0.5) is 10.5 Å². The predicted octanol–water partition coefficient (Wildman–Crippen LogP) is 1.42. The zero-order chi connectivity index (χ0) is 10.6. The van der Waals surface area contributed by atoms with Crippen LogP contribution in [0, 0.1) is 6.92 Å². The van der Waals surface area contributed by atoms with E-state index in [0.717, 1.165) is 5.56 Å². The van der Waals surface area contributed by atoms with Crippen LogP contribution in [0.15, 0.2) is 23.2 Å². The first-order valence-corrected chi connectivity index (χ1v) is 3.79. The van der Waals surface area contributed by atoms with Crippen molar-refractivity contribution in [2.75, 3.05) is 0 Å². The first kappa shape index (κ1) is 9.95. The molecule has 5 nitrogen and oxygen atoms in total. The van der Waals surface area contributed by atoms with E-state index in [1.807, 2.05) is 0 Å². The van der Waals surface area contributed by atoms with Gasteiger partial charge >= 0.3 is 6.09 Å². The maximum absolute atomic E-state index is 10.5. The van der Waals surface area contributed by atoms with Crippen LogP contribution in [0.25, 0.3) is 0 Å². The van der Waals surface area contributed by atoms with Gasteiger partial charge < -0.3 is 10.5 Å². The van der Waals surface area contributed by atoms with E-state index < -0.39 is 6.09 Å². The maximum Gasteiger partial charge on any atom is 0.409 e. The van der Waals surface area contributed by atoms with Crippen molar-refractivity contribution in [3.05, 3.63) is 23.8 Å². The molecule has 0 atom stereocenters. The van der Waals surface area contributed by atoms with E-state index in [-0.39, 0.29) is 5.75 Å². The van der Waals surface area contributed by atoms with E-state index in [2.05, 4.69) is 9.73 Å². The van der Waals surface area contributed by atoms with Gasteiger partial charge in [0.1, 0.15) is 5.75 Å². The zero-order valence-electron chi connectivity index (χ0n) is 7.48. The Morgan fingerprint density at radius 2 is 2.29 bits per heavy atom. The number of carbonyl (C=O) groups is 1. The van der Waals surface area contributed by atoms with Crippen LogP contribution in [0.2, 0.25) is 0 Å². The van der Waals surface area contributed by atoms with Gasteiger partial charge in [-0.15, -0.1) is 0 Å². The van der Waals surface area contributed by atoms with Crippen molar-refractivity contribution in [3.8, 4) is 5.75 Å². The molecule has 0 saturated heterocycles. The lowest BCUT2D eigenvalue weighted by molar-refractivity contribution is 0.210. The van der Waals surface area contributed by atoms with Crippen molar-refractivity contribution in [2.24, 2.45) is 10.7 Å². The number of ether oxygens (including phenoxy) is 1. The molecule has 0 unspecified atom stereocenters. The Bertz CT molecular complexity index is 409. The second-order valence-corrected chi connectivity index (χ2v) is 2.57. The molecule has 0 aliphatic heterocycles. The Hall–Kier alpha value is -2.13. The number of rotatable bonds is 2. The van der Waals surface area contributed by atoms with Gasteiger partial charge in [0, 0.05) is 6.07 Å². The number of aliphatic imine (C=N–C) groups is 1. The normalized spacial score (nSPS) is 8.93. The summed E-state index contributed by atoms with van der Waals surface area (Å²) in [6.07, 6.45) is 0.485. The third kappa shape index (κ3) is 2.43. The van der Waals surface area contributed by atoms with E-state index >= 15 is 0 Å². The van der Waals surface area contributed by atoms with Crippen LogP contribution >= 0.6 is 0 Å². The number of carbonyl (C=O) groups excluding carboxylic acids is 2. The van der Waals surface area contributed by atoms with Crippen LogP contribution in [0.5, 0.6) is 5.75 Å². The molecule has 1 aromatic rings. The van der Waals surface area contributed by atoms with Gasteiger partial charge in [-0.3, -0.25) is 0 Å². The Labute approximate surface area is 80.2 Å². The SMILES string of the molecule is Cc1ccc(N=C=O)cc1OC(N)=O. The van der Waals surface area contributed by atoms with Crippen LogP contribution in [-0.2, 0) is 4.79 Å². The number of hydrogen-bond acceptors (Lipinski definition) is 4. The molecule has 0 aromatic heterocycles. The van der Waals surface area contributed by atoms with E-state index in [1.54, 1.807) is 19.1 Å². The van der Waals surface area contributed by atoms with E-state index in [4.69, 9.17) is 5.73 Å². The van der Waals surface area contributed by atoms with E-state index in [0.29, 0.717) is 5.69 Å². The highest BCUT2D eigenvalue weighted by Gasteiger charge is 2.03. The molecule has 0 heterocycles. The smallest absolute Gasteiger partial charge is 0.409 e. The summed E-state index contributed by atoms with van der Waals surface area (Å²) in [6, 6.07) is 4.70.